The maximum atomic E-state index is 13.3. The first kappa shape index (κ1) is 23.2. The molecule has 1 fully saturated rings. The van der Waals surface area contributed by atoms with Gasteiger partial charge in [-0.25, -0.2) is 0 Å². The van der Waals surface area contributed by atoms with Crippen LogP contribution in [-0.4, -0.2) is 43.5 Å². The molecule has 0 bridgehead atoms. The van der Waals surface area contributed by atoms with E-state index in [2.05, 4.69) is 0 Å². The lowest BCUT2D eigenvalue weighted by Crippen LogP contribution is -2.48. The summed E-state index contributed by atoms with van der Waals surface area (Å²) in [6.07, 6.45) is 0.0461. The third kappa shape index (κ3) is 3.71. The third-order valence-corrected chi connectivity index (χ3v) is 5.65. The summed E-state index contributed by atoms with van der Waals surface area (Å²) >= 11 is 0. The van der Waals surface area contributed by atoms with Gasteiger partial charge in [0.15, 0.2) is 0 Å². The van der Waals surface area contributed by atoms with Gasteiger partial charge in [-0.05, 0) is 37.1 Å². The summed E-state index contributed by atoms with van der Waals surface area (Å²) in [4.78, 5) is 73.4. The van der Waals surface area contributed by atoms with Gasteiger partial charge in [-0.3, -0.25) is 39.4 Å². The first-order chi connectivity index (χ1) is 15.6. The summed E-state index contributed by atoms with van der Waals surface area (Å²) in [5.41, 5.74) is -2.51. The molecule has 12 heteroatoms. The van der Waals surface area contributed by atoms with Crippen LogP contribution < -0.4 is 0 Å². The Morgan fingerprint density at radius 3 is 1.27 bits per heavy atom. The van der Waals surface area contributed by atoms with E-state index in [0.717, 1.165) is 48.5 Å². The fraction of sp³-hybridized carbons (Fsp3) is 0.238. The Bertz CT molecular complexity index is 1080. The predicted molar refractivity (Wildman–Crippen MR) is 112 cm³/mol. The average molecular weight is 454 g/mol. The van der Waals surface area contributed by atoms with Crippen LogP contribution in [0, 0.1) is 25.6 Å². The van der Waals surface area contributed by atoms with Crippen LogP contribution in [0.15, 0.2) is 48.5 Å². The molecule has 1 saturated heterocycles. The third-order valence-electron chi connectivity index (χ3n) is 5.65. The Morgan fingerprint density at radius 1 is 0.727 bits per heavy atom. The topological polar surface area (TPSA) is 161 Å². The smallest absolute Gasteiger partial charge is 0.271 e. The molecule has 0 spiro atoms. The summed E-state index contributed by atoms with van der Waals surface area (Å²) in [5.74, 6) is -3.81. The lowest BCUT2D eigenvalue weighted by Gasteiger charge is -2.24. The van der Waals surface area contributed by atoms with Crippen LogP contribution in [-0.2, 0) is 9.59 Å². The lowest BCUT2D eigenvalue weighted by atomic mass is 9.81. The largest absolute Gasteiger partial charge is 0.280 e. The zero-order valence-electron chi connectivity index (χ0n) is 17.6. The minimum atomic E-state index is -1.65. The van der Waals surface area contributed by atoms with E-state index in [4.69, 9.17) is 0 Å². The molecule has 0 N–H and O–H groups in total. The van der Waals surface area contributed by atoms with Crippen LogP contribution in [0.3, 0.4) is 0 Å². The zero-order valence-corrected chi connectivity index (χ0v) is 17.6. The molecule has 12 nitrogen and oxygen atoms in total. The minimum Gasteiger partial charge on any atom is -0.271 e. The van der Waals surface area contributed by atoms with E-state index in [9.17, 15) is 39.4 Å². The number of amides is 4. The van der Waals surface area contributed by atoms with Crippen molar-refractivity contribution in [2.75, 3.05) is 0 Å². The maximum absolute atomic E-state index is 13.3. The lowest BCUT2D eigenvalue weighted by molar-refractivity contribution is -0.385. The SMILES string of the molecule is CCC1(CC)C(=O)N(C(=O)c2ccc([N+](=O)[O-])cc2)N(C(=O)c2ccc([N+](=O)[O-])cc2)C1=O. The quantitative estimate of drug-likeness (QED) is 0.278. The van der Waals surface area contributed by atoms with Crippen molar-refractivity contribution in [1.82, 2.24) is 10.0 Å². The van der Waals surface area contributed by atoms with Crippen molar-refractivity contribution < 1.29 is 29.0 Å². The van der Waals surface area contributed by atoms with E-state index in [1.165, 1.54) is 0 Å². The Hall–Kier alpha value is -4.48. The van der Waals surface area contributed by atoms with Crippen LogP contribution in [0.4, 0.5) is 11.4 Å². The molecule has 3 rings (SSSR count). The molecule has 1 aliphatic heterocycles. The molecule has 1 aliphatic rings. The number of carbonyl (C=O) groups excluding carboxylic acids is 4. The monoisotopic (exact) mass is 454 g/mol. The highest BCUT2D eigenvalue weighted by atomic mass is 16.6. The van der Waals surface area contributed by atoms with E-state index in [0.29, 0.717) is 10.0 Å². The van der Waals surface area contributed by atoms with Gasteiger partial charge < -0.3 is 0 Å². The van der Waals surface area contributed by atoms with E-state index in [1.54, 1.807) is 13.8 Å². The first-order valence-corrected chi connectivity index (χ1v) is 9.85. The molecule has 33 heavy (non-hydrogen) atoms. The number of hydrogen-bond acceptors (Lipinski definition) is 8. The maximum Gasteiger partial charge on any atom is 0.280 e. The number of benzene rings is 2. The first-order valence-electron chi connectivity index (χ1n) is 9.85. The molecule has 1 heterocycles. The van der Waals surface area contributed by atoms with Gasteiger partial charge in [-0.15, -0.1) is 0 Å². The molecular formula is C21H18N4O8. The molecule has 0 radical (unpaired) electrons. The number of rotatable bonds is 6. The highest BCUT2D eigenvalue weighted by Gasteiger charge is 2.60. The number of nitro groups is 2. The van der Waals surface area contributed by atoms with Crippen LogP contribution >= 0.6 is 0 Å². The highest BCUT2D eigenvalue weighted by Crippen LogP contribution is 2.40. The van der Waals surface area contributed by atoms with Gasteiger partial charge in [-0.1, -0.05) is 13.8 Å². The van der Waals surface area contributed by atoms with Crippen LogP contribution in [0.1, 0.15) is 47.4 Å². The highest BCUT2D eigenvalue weighted by molar-refractivity contribution is 6.24. The molecule has 0 aliphatic carbocycles. The summed E-state index contributed by atoms with van der Waals surface area (Å²) < 4.78 is 0. The second-order valence-electron chi connectivity index (χ2n) is 7.24. The fourth-order valence-electron chi connectivity index (χ4n) is 3.60. The summed E-state index contributed by atoms with van der Waals surface area (Å²) in [6.45, 7) is 3.15. The van der Waals surface area contributed by atoms with Crippen LogP contribution in [0.5, 0.6) is 0 Å². The number of hydrazine groups is 1. The number of nitro benzene ring substituents is 2. The molecule has 170 valence electrons. The average Bonchev–Trinajstić information content (AvgIpc) is 3.04. The number of non-ortho nitro benzene ring substituents is 2. The normalized spacial score (nSPS) is 15.0. The summed E-state index contributed by atoms with van der Waals surface area (Å²) in [7, 11) is 0. The standard InChI is InChI=1S/C21H18N4O8/c1-3-21(4-2)19(28)22(17(26)13-5-9-15(10-6-13)24(30)31)23(20(21)29)18(27)14-7-11-16(12-8-14)25(32)33/h5-12H,3-4H2,1-2H3. The Labute approximate surface area is 186 Å². The number of carbonyl (C=O) groups is 4. The molecule has 0 aromatic heterocycles. The summed E-state index contributed by atoms with van der Waals surface area (Å²) in [6, 6.07) is 8.70. The number of imide groups is 2. The molecule has 2 aromatic carbocycles. The van der Waals surface area contributed by atoms with Gasteiger partial charge in [0.25, 0.3) is 35.0 Å². The Kier molecular flexibility index (Phi) is 6.02. The molecule has 0 atom stereocenters. The van der Waals surface area contributed by atoms with Gasteiger partial charge in [-0.2, -0.15) is 10.0 Å². The van der Waals surface area contributed by atoms with Crippen LogP contribution in [0.25, 0.3) is 0 Å². The number of nitrogens with zero attached hydrogens (tertiary/aromatic N) is 4. The van der Waals surface area contributed by atoms with Crippen molar-refractivity contribution in [2.24, 2.45) is 5.41 Å². The van der Waals surface area contributed by atoms with E-state index < -0.39 is 38.9 Å². The van der Waals surface area contributed by atoms with Gasteiger partial charge in [0.05, 0.1) is 9.85 Å². The fourth-order valence-corrected chi connectivity index (χ4v) is 3.60. The molecule has 2 aromatic rings. The van der Waals surface area contributed by atoms with Crippen molar-refractivity contribution in [3.63, 3.8) is 0 Å². The minimum absolute atomic E-state index is 0.0231. The van der Waals surface area contributed by atoms with E-state index in [1.807, 2.05) is 0 Å². The Balaban J connectivity index is 2.07. The van der Waals surface area contributed by atoms with E-state index in [-0.39, 0.29) is 35.3 Å². The zero-order chi connectivity index (χ0) is 24.5. The number of hydrogen-bond donors (Lipinski definition) is 0. The van der Waals surface area contributed by atoms with E-state index >= 15 is 0 Å². The van der Waals surface area contributed by atoms with Gasteiger partial charge in [0.2, 0.25) is 0 Å². The molecule has 0 unspecified atom stereocenters. The summed E-state index contributed by atoms with van der Waals surface area (Å²) in [5, 5.41) is 22.6. The van der Waals surface area contributed by atoms with Gasteiger partial charge in [0.1, 0.15) is 5.41 Å². The van der Waals surface area contributed by atoms with Crippen molar-refractivity contribution in [3.8, 4) is 0 Å². The Morgan fingerprint density at radius 2 is 1.03 bits per heavy atom. The van der Waals surface area contributed by atoms with Crippen molar-refractivity contribution in [2.45, 2.75) is 26.7 Å². The van der Waals surface area contributed by atoms with Crippen molar-refractivity contribution in [1.29, 1.82) is 0 Å². The van der Waals surface area contributed by atoms with Gasteiger partial charge in [0, 0.05) is 35.4 Å². The van der Waals surface area contributed by atoms with Gasteiger partial charge >= 0.3 is 0 Å². The van der Waals surface area contributed by atoms with Crippen molar-refractivity contribution in [3.05, 3.63) is 79.9 Å². The molecule has 0 saturated carbocycles. The van der Waals surface area contributed by atoms with Crippen molar-refractivity contribution >= 4 is 35.0 Å². The second-order valence-corrected chi connectivity index (χ2v) is 7.24. The molecular weight excluding hydrogens is 436 g/mol. The second kappa shape index (κ2) is 8.57. The predicted octanol–water partition coefficient (Wildman–Crippen LogP) is 2.88. The van der Waals surface area contributed by atoms with Crippen LogP contribution in [0.2, 0.25) is 0 Å². The molecule has 4 amide bonds.